The summed E-state index contributed by atoms with van der Waals surface area (Å²) >= 11 is 0. The first-order valence-corrected chi connectivity index (χ1v) is 9.65. The predicted molar refractivity (Wildman–Crippen MR) is 109 cm³/mol. The van der Waals surface area contributed by atoms with Crippen LogP contribution < -0.4 is 0 Å². The van der Waals surface area contributed by atoms with Crippen molar-refractivity contribution in [1.29, 1.82) is 0 Å². The van der Waals surface area contributed by atoms with Crippen LogP contribution in [0.15, 0.2) is 30.3 Å². The lowest BCUT2D eigenvalue weighted by molar-refractivity contribution is -0.163. The second kappa shape index (κ2) is 10.4. The molecule has 0 N–H and O–H groups in total. The van der Waals surface area contributed by atoms with Gasteiger partial charge in [0, 0.05) is 0 Å². The Bertz CT molecular complexity index is 657. The molecule has 0 fully saturated rings. The maximum atomic E-state index is 12.5. The van der Waals surface area contributed by atoms with Gasteiger partial charge in [-0.2, -0.15) is 0 Å². The highest BCUT2D eigenvalue weighted by Gasteiger charge is 2.30. The van der Waals surface area contributed by atoms with E-state index in [0.29, 0.717) is 0 Å². The zero-order valence-corrected chi connectivity index (χ0v) is 18.5. The predicted octanol–water partition coefficient (Wildman–Crippen LogP) is 3.10. The van der Waals surface area contributed by atoms with E-state index in [1.807, 2.05) is 30.3 Å². The van der Waals surface area contributed by atoms with Crippen LogP contribution in [0, 0.1) is 0 Å². The number of carbonyl (C=O) groups excluding carboxylic acids is 3. The van der Waals surface area contributed by atoms with E-state index in [2.05, 4.69) is 0 Å². The average Bonchev–Trinajstić information content (AvgIpc) is 2.56. The van der Waals surface area contributed by atoms with Gasteiger partial charge in [0.1, 0.15) is 23.9 Å². The summed E-state index contributed by atoms with van der Waals surface area (Å²) in [6.07, 6.45) is 0. The molecule has 0 aliphatic carbocycles. The smallest absolute Gasteiger partial charge is 0.323 e. The van der Waals surface area contributed by atoms with E-state index >= 15 is 0 Å². The van der Waals surface area contributed by atoms with E-state index in [1.54, 1.807) is 48.5 Å². The van der Waals surface area contributed by atoms with Gasteiger partial charge in [-0.25, -0.2) is 0 Å². The van der Waals surface area contributed by atoms with Gasteiger partial charge in [-0.1, -0.05) is 30.3 Å². The zero-order valence-electron chi connectivity index (χ0n) is 18.5. The van der Waals surface area contributed by atoms with Crippen molar-refractivity contribution < 1.29 is 28.6 Å². The number of hydrogen-bond acceptors (Lipinski definition) is 7. The van der Waals surface area contributed by atoms with Crippen LogP contribution in [0.4, 0.5) is 0 Å². The average molecular weight is 408 g/mol. The van der Waals surface area contributed by atoms with E-state index < -0.39 is 35.2 Å². The fourth-order valence-corrected chi connectivity index (χ4v) is 2.41. The first-order chi connectivity index (χ1) is 13.3. The molecule has 1 aromatic carbocycles. The van der Waals surface area contributed by atoms with Gasteiger partial charge in [0.2, 0.25) is 0 Å². The summed E-state index contributed by atoms with van der Waals surface area (Å²) in [5, 5.41) is 0. The lowest BCUT2D eigenvalue weighted by atomic mass is 10.2. The molecule has 0 spiro atoms. The van der Waals surface area contributed by atoms with Gasteiger partial charge in [0.15, 0.2) is 0 Å². The molecule has 0 saturated carbocycles. The van der Waals surface area contributed by atoms with Gasteiger partial charge in [0.05, 0.1) is 13.1 Å². The summed E-state index contributed by atoms with van der Waals surface area (Å²) in [6.45, 7) is 11.7. The van der Waals surface area contributed by atoms with Crippen molar-refractivity contribution in [3.05, 3.63) is 35.9 Å². The Labute approximate surface area is 173 Å². The number of rotatable bonds is 8. The van der Waals surface area contributed by atoms with Crippen LogP contribution in [-0.4, -0.2) is 53.1 Å². The van der Waals surface area contributed by atoms with Crippen molar-refractivity contribution in [1.82, 2.24) is 4.90 Å². The highest BCUT2D eigenvalue weighted by atomic mass is 16.6. The topological polar surface area (TPSA) is 82.1 Å². The summed E-state index contributed by atoms with van der Waals surface area (Å²) in [4.78, 5) is 38.5. The Balaban J connectivity index is 2.82. The van der Waals surface area contributed by atoms with Crippen LogP contribution in [0.1, 0.15) is 54.0 Å². The summed E-state index contributed by atoms with van der Waals surface area (Å²) < 4.78 is 16.0. The maximum absolute atomic E-state index is 12.5. The minimum absolute atomic E-state index is 0.108. The number of nitrogens with zero attached hydrogens (tertiary/aromatic N) is 1. The quantitative estimate of drug-likeness (QED) is 0.484. The first-order valence-electron chi connectivity index (χ1n) is 9.65. The third kappa shape index (κ3) is 10.6. The van der Waals surface area contributed by atoms with Gasteiger partial charge >= 0.3 is 17.9 Å². The Morgan fingerprint density at radius 1 is 0.862 bits per heavy atom. The SMILES string of the molecule is C[C@H](C(=O)OCc1ccccc1)N(CC(=O)OC(C)(C)C)CC(=O)OC(C)(C)C. The van der Waals surface area contributed by atoms with Crippen LogP contribution in [0.5, 0.6) is 0 Å². The largest absolute Gasteiger partial charge is 0.460 e. The van der Waals surface area contributed by atoms with E-state index in [-0.39, 0.29) is 19.7 Å². The van der Waals surface area contributed by atoms with E-state index in [9.17, 15) is 14.4 Å². The molecule has 0 amide bonds. The molecule has 1 aromatic rings. The van der Waals surface area contributed by atoms with Crippen molar-refractivity contribution in [2.45, 2.75) is 72.3 Å². The molecular weight excluding hydrogens is 374 g/mol. The third-order valence-electron chi connectivity index (χ3n) is 3.62. The van der Waals surface area contributed by atoms with E-state index in [1.165, 1.54) is 4.90 Å². The van der Waals surface area contributed by atoms with Crippen LogP contribution in [0.3, 0.4) is 0 Å². The zero-order chi connectivity index (χ0) is 22.2. The van der Waals surface area contributed by atoms with Gasteiger partial charge in [-0.05, 0) is 54.0 Å². The highest BCUT2D eigenvalue weighted by molar-refractivity contribution is 5.80. The molecule has 7 nitrogen and oxygen atoms in total. The van der Waals surface area contributed by atoms with Gasteiger partial charge < -0.3 is 14.2 Å². The van der Waals surface area contributed by atoms with Gasteiger partial charge in [0.25, 0.3) is 0 Å². The standard InChI is InChI=1S/C22H33NO6/c1-16(20(26)27-15-17-11-9-8-10-12-17)23(13-18(24)28-21(2,3)4)14-19(25)29-22(5,6)7/h8-12,16H,13-15H2,1-7H3/t16-/m1/s1. The number of esters is 3. The van der Waals surface area contributed by atoms with Crippen molar-refractivity contribution in [3.63, 3.8) is 0 Å². The summed E-state index contributed by atoms with van der Waals surface area (Å²) in [6, 6.07) is 8.43. The Kier molecular flexibility index (Phi) is 8.82. The van der Waals surface area contributed by atoms with Gasteiger partial charge in [-0.15, -0.1) is 0 Å². The van der Waals surface area contributed by atoms with E-state index in [0.717, 1.165) is 5.56 Å². The third-order valence-corrected chi connectivity index (χ3v) is 3.62. The van der Waals surface area contributed by atoms with Crippen LogP contribution >= 0.6 is 0 Å². The molecule has 162 valence electrons. The number of carbonyl (C=O) groups is 3. The second-order valence-electron chi connectivity index (χ2n) is 8.85. The van der Waals surface area contributed by atoms with Crippen molar-refractivity contribution in [2.75, 3.05) is 13.1 Å². The van der Waals surface area contributed by atoms with Crippen LogP contribution in [0.25, 0.3) is 0 Å². The lowest BCUT2D eigenvalue weighted by Crippen LogP contribution is -2.47. The maximum Gasteiger partial charge on any atom is 0.323 e. The molecule has 0 unspecified atom stereocenters. The molecular formula is C22H33NO6. The van der Waals surface area contributed by atoms with Crippen LogP contribution in [0.2, 0.25) is 0 Å². The molecule has 1 rings (SSSR count). The lowest BCUT2D eigenvalue weighted by Gasteiger charge is -2.29. The fraction of sp³-hybridized carbons (Fsp3) is 0.591. The second-order valence-corrected chi connectivity index (χ2v) is 8.85. The molecule has 29 heavy (non-hydrogen) atoms. The van der Waals surface area contributed by atoms with Crippen molar-refractivity contribution >= 4 is 17.9 Å². The summed E-state index contributed by atoms with van der Waals surface area (Å²) in [5.41, 5.74) is -0.504. The first kappa shape index (κ1) is 24.6. The molecule has 0 saturated heterocycles. The van der Waals surface area contributed by atoms with Crippen molar-refractivity contribution in [2.24, 2.45) is 0 Å². The number of hydrogen-bond donors (Lipinski definition) is 0. The molecule has 1 atom stereocenters. The molecule has 0 aliphatic rings. The van der Waals surface area contributed by atoms with Gasteiger partial charge in [-0.3, -0.25) is 19.3 Å². The molecule has 7 heteroatoms. The molecule has 0 aromatic heterocycles. The highest BCUT2D eigenvalue weighted by Crippen LogP contribution is 2.12. The fourth-order valence-electron chi connectivity index (χ4n) is 2.41. The molecule has 0 heterocycles. The minimum atomic E-state index is -0.834. The van der Waals surface area contributed by atoms with Crippen LogP contribution in [-0.2, 0) is 35.2 Å². The molecule has 0 aliphatic heterocycles. The molecule has 0 bridgehead atoms. The summed E-state index contributed by atoms with van der Waals surface area (Å²) in [7, 11) is 0. The Morgan fingerprint density at radius 2 is 1.31 bits per heavy atom. The Morgan fingerprint density at radius 3 is 1.72 bits per heavy atom. The Hall–Kier alpha value is -2.41. The normalized spacial score (nSPS) is 13.0. The summed E-state index contributed by atoms with van der Waals surface area (Å²) in [5.74, 6) is -1.62. The monoisotopic (exact) mass is 407 g/mol. The minimum Gasteiger partial charge on any atom is -0.460 e. The molecule has 0 radical (unpaired) electrons. The number of benzene rings is 1. The number of ether oxygens (including phenoxy) is 3. The van der Waals surface area contributed by atoms with E-state index in [4.69, 9.17) is 14.2 Å². The van der Waals surface area contributed by atoms with Crippen molar-refractivity contribution in [3.8, 4) is 0 Å².